The van der Waals surface area contributed by atoms with Crippen molar-refractivity contribution < 1.29 is 51.2 Å². The van der Waals surface area contributed by atoms with Crippen LogP contribution in [0, 0.1) is 18.3 Å². The molecule has 8 rings (SSSR count). The van der Waals surface area contributed by atoms with Gasteiger partial charge in [-0.15, -0.1) is 0 Å². The van der Waals surface area contributed by atoms with Gasteiger partial charge in [0.25, 0.3) is 5.56 Å². The van der Waals surface area contributed by atoms with Crippen molar-refractivity contribution in [3.8, 4) is 0 Å². The zero-order valence-electron chi connectivity index (χ0n) is 23.6. The number of imidazole rings is 2. The van der Waals surface area contributed by atoms with E-state index in [1.807, 2.05) is 0 Å². The second-order valence-electron chi connectivity index (χ2n) is 11.7. The molecule has 46 heavy (non-hydrogen) atoms. The molecular weight excluding hydrogens is 659 g/mol. The number of phosphoric acid groups is 2. The number of aromatic amines is 1. The number of halogens is 1. The largest absolute Gasteiger partial charge is 0.472 e. The fraction of sp³-hybridized carbons (Fsp3) is 0.565. The molecule has 11 atom stereocenters. The molecule has 6 N–H and O–H groups in total. The van der Waals surface area contributed by atoms with Crippen molar-refractivity contribution >= 4 is 43.8 Å². The Hall–Kier alpha value is -3.23. The number of anilines is 1. The zero-order valence-corrected chi connectivity index (χ0v) is 25.3. The Kier molecular flexibility index (Phi) is 6.64. The van der Waals surface area contributed by atoms with Crippen LogP contribution in [0.25, 0.3) is 22.3 Å². The highest BCUT2D eigenvalue weighted by molar-refractivity contribution is 7.47. The maximum absolute atomic E-state index is 15.8. The number of aryl methyl sites for hydroxylation is 1. The highest BCUT2D eigenvalue weighted by Gasteiger charge is 2.74. The Labute approximate surface area is 255 Å². The third-order valence-corrected chi connectivity index (χ3v) is 10.9. The summed E-state index contributed by atoms with van der Waals surface area (Å²) in [4.78, 5) is 57.0. The predicted molar refractivity (Wildman–Crippen MR) is 148 cm³/mol. The summed E-state index contributed by atoms with van der Waals surface area (Å²) in [6, 6.07) is -0.840. The molecule has 0 radical (unpaired) electrons. The fourth-order valence-corrected chi connectivity index (χ4v) is 8.88. The fourth-order valence-electron chi connectivity index (χ4n) is 6.87. The number of aromatic nitrogens is 8. The molecule has 4 aliphatic rings. The number of fused-ring (bicyclic) bond motifs is 4. The average Bonchev–Trinajstić information content (AvgIpc) is 3.26. The quantitative estimate of drug-likeness (QED) is 0.174. The topological polar surface area (TPSA) is 274 Å². The summed E-state index contributed by atoms with van der Waals surface area (Å²) in [5.74, 6) is -0.233. The van der Waals surface area contributed by atoms with Gasteiger partial charge in [0, 0.05) is 5.41 Å². The molecule has 2 saturated heterocycles. The first-order chi connectivity index (χ1) is 21.8. The Morgan fingerprint density at radius 2 is 1.80 bits per heavy atom. The van der Waals surface area contributed by atoms with Gasteiger partial charge >= 0.3 is 15.6 Å². The molecule has 23 heteroatoms. The lowest BCUT2D eigenvalue weighted by Crippen LogP contribution is -2.38. The van der Waals surface area contributed by atoms with E-state index in [1.165, 1.54) is 24.1 Å². The number of rotatable bonds is 2. The molecule has 20 nitrogen and oxygen atoms in total. The molecule has 4 fully saturated rings. The van der Waals surface area contributed by atoms with Crippen molar-refractivity contribution in [2.24, 2.45) is 11.3 Å². The molecule has 246 valence electrons. The van der Waals surface area contributed by atoms with Crippen molar-refractivity contribution in [2.45, 2.75) is 56.2 Å². The first-order valence-electron chi connectivity index (χ1n) is 13.9. The standard InChI is InChI=1S/C23H26FN9O11P2/c1-8-30-20-13(21(35)31-8)29-7-33(20)22-16-11(24)10(42-22)3-40-45(36,37)44-17-15(34)14(9-2-23(9,17)4-41-46(38,39)43-16)32-6-28-12-18(25)26-5-27-19(12)32/h5-7,9-11,14-17,22,34H,2-4H2,1H3,(H,36,37)(H,38,39)(H2,25,26,27)(H,30,31,35)/t9-,10-,11-,14-,15+,16-,17+,22-,23?/m1/s1. The maximum atomic E-state index is 15.8. The summed E-state index contributed by atoms with van der Waals surface area (Å²) < 4.78 is 72.3. The number of phosphoric ester groups is 2. The lowest BCUT2D eigenvalue weighted by Gasteiger charge is -2.30. The Balaban J connectivity index is 1.14. The first-order valence-corrected chi connectivity index (χ1v) is 16.9. The summed E-state index contributed by atoms with van der Waals surface area (Å²) in [5, 5.41) is 11.4. The summed E-state index contributed by atoms with van der Waals surface area (Å²) in [6.07, 6.45) is -6.24. The normalized spacial score (nSPS) is 41.1. The lowest BCUT2D eigenvalue weighted by atomic mass is 10.0. The Bertz CT molecular complexity index is 2040. The van der Waals surface area contributed by atoms with Crippen LogP contribution in [0.3, 0.4) is 0 Å². The highest BCUT2D eigenvalue weighted by Crippen LogP contribution is 2.72. The molecule has 3 unspecified atom stereocenters. The van der Waals surface area contributed by atoms with E-state index >= 15 is 4.39 Å². The number of alkyl halides is 1. The van der Waals surface area contributed by atoms with Gasteiger partial charge in [-0.1, -0.05) is 0 Å². The van der Waals surface area contributed by atoms with E-state index in [9.17, 15) is 28.8 Å². The number of ether oxygens (including phenoxy) is 1. The number of nitrogens with zero attached hydrogens (tertiary/aromatic N) is 7. The minimum absolute atomic E-state index is 0.0350. The van der Waals surface area contributed by atoms with Crippen molar-refractivity contribution in [3.05, 3.63) is 35.2 Å². The van der Waals surface area contributed by atoms with Crippen LogP contribution in [0.1, 0.15) is 24.5 Å². The molecule has 2 bridgehead atoms. The van der Waals surface area contributed by atoms with E-state index in [-0.39, 0.29) is 40.4 Å². The highest BCUT2D eigenvalue weighted by atomic mass is 31.2. The van der Waals surface area contributed by atoms with E-state index in [2.05, 4.69) is 29.9 Å². The van der Waals surface area contributed by atoms with Crippen molar-refractivity contribution in [2.75, 3.05) is 18.9 Å². The van der Waals surface area contributed by atoms with Crippen LogP contribution in [0.2, 0.25) is 0 Å². The van der Waals surface area contributed by atoms with E-state index in [1.54, 1.807) is 0 Å². The molecule has 4 aromatic rings. The molecule has 1 spiro atoms. The van der Waals surface area contributed by atoms with E-state index in [0.717, 1.165) is 10.9 Å². The summed E-state index contributed by atoms with van der Waals surface area (Å²) in [6.45, 7) is 0.0346. The Morgan fingerprint density at radius 3 is 2.61 bits per heavy atom. The van der Waals surface area contributed by atoms with Crippen molar-refractivity contribution in [3.63, 3.8) is 0 Å². The number of nitrogens with two attached hydrogens (primary N) is 1. The Morgan fingerprint density at radius 1 is 1.07 bits per heavy atom. The predicted octanol–water partition coefficient (Wildman–Crippen LogP) is 0.0255. The molecule has 2 aliphatic carbocycles. The van der Waals surface area contributed by atoms with Gasteiger partial charge in [0.15, 0.2) is 35.0 Å². The van der Waals surface area contributed by atoms with Gasteiger partial charge in [-0.2, -0.15) is 0 Å². The molecule has 6 heterocycles. The molecular formula is C23H26FN9O11P2. The number of nitrogen functional groups attached to an aromatic ring is 1. The van der Waals surface area contributed by atoms with Crippen LogP contribution in [-0.2, 0) is 32.0 Å². The maximum Gasteiger partial charge on any atom is 0.472 e. The van der Waals surface area contributed by atoms with Gasteiger partial charge in [0.2, 0.25) is 0 Å². The summed E-state index contributed by atoms with van der Waals surface area (Å²) in [7, 11) is -10.1. The number of aliphatic hydroxyl groups excluding tert-OH is 1. The second kappa shape index (κ2) is 10.1. The molecule has 4 aromatic heterocycles. The number of aliphatic hydroxyl groups is 1. The van der Waals surface area contributed by atoms with Crippen LogP contribution in [0.15, 0.2) is 23.8 Å². The van der Waals surface area contributed by atoms with E-state index < -0.39 is 88.6 Å². The number of hydrogen-bond donors (Lipinski definition) is 5. The number of hydrogen-bond acceptors (Lipinski definition) is 15. The summed E-state index contributed by atoms with van der Waals surface area (Å²) >= 11 is 0. The SMILES string of the molecule is Cc1nc2c(ncn2[C@@H]2O[C@@H]3COP(=O)(O)O[C@H]4[C@@H](O)[C@H](n5cnc6c(N)ncnc65)[C@H]5CC54COP(=O)(O)O[C@@H]2[C@@H]3F)c(=O)[nH]1. The van der Waals surface area contributed by atoms with Crippen LogP contribution in [0.5, 0.6) is 0 Å². The summed E-state index contributed by atoms with van der Waals surface area (Å²) in [5.41, 5.74) is 4.44. The molecule has 0 aromatic carbocycles. The van der Waals surface area contributed by atoms with Crippen LogP contribution >= 0.6 is 15.6 Å². The third-order valence-electron chi connectivity index (χ3n) is 9.01. The second-order valence-corrected chi connectivity index (χ2v) is 14.5. The van der Waals surface area contributed by atoms with Gasteiger partial charge in [-0.05, 0) is 19.3 Å². The first kappa shape index (κ1) is 30.1. The van der Waals surface area contributed by atoms with Gasteiger partial charge in [0.05, 0.1) is 31.9 Å². The number of nitrogens with one attached hydrogen (secondary N) is 1. The van der Waals surface area contributed by atoms with Crippen molar-refractivity contribution in [1.29, 1.82) is 0 Å². The number of H-pyrrole nitrogens is 1. The van der Waals surface area contributed by atoms with Gasteiger partial charge in [0.1, 0.15) is 42.1 Å². The zero-order chi connectivity index (χ0) is 32.3. The smallest absolute Gasteiger partial charge is 0.388 e. The van der Waals surface area contributed by atoms with E-state index in [0.29, 0.717) is 0 Å². The van der Waals surface area contributed by atoms with E-state index in [4.69, 9.17) is 28.6 Å². The average molecular weight is 685 g/mol. The monoisotopic (exact) mass is 685 g/mol. The van der Waals surface area contributed by atoms with Crippen LogP contribution in [0.4, 0.5) is 10.2 Å². The van der Waals surface area contributed by atoms with Gasteiger partial charge < -0.3 is 34.9 Å². The molecule has 0 amide bonds. The van der Waals surface area contributed by atoms with Crippen LogP contribution < -0.4 is 11.3 Å². The van der Waals surface area contributed by atoms with Crippen LogP contribution in [-0.4, -0.2) is 97.7 Å². The minimum Gasteiger partial charge on any atom is -0.388 e. The van der Waals surface area contributed by atoms with Gasteiger partial charge in [-0.25, -0.2) is 38.4 Å². The lowest BCUT2D eigenvalue weighted by molar-refractivity contribution is -0.0661. The van der Waals surface area contributed by atoms with Crippen molar-refractivity contribution in [1.82, 2.24) is 39.0 Å². The van der Waals surface area contributed by atoms with Gasteiger partial charge in [-0.3, -0.25) is 27.5 Å². The minimum atomic E-state index is -5.10. The molecule has 2 saturated carbocycles. The third kappa shape index (κ3) is 4.57. The molecule has 2 aliphatic heterocycles.